The Kier molecular flexibility index (Phi) is 4.69. The van der Waals surface area contributed by atoms with Gasteiger partial charge in [-0.3, -0.25) is 9.69 Å². The maximum absolute atomic E-state index is 11.8. The van der Waals surface area contributed by atoms with Crippen molar-refractivity contribution < 1.29 is 4.79 Å². The molecule has 1 rings (SSSR count). The molecule has 0 aliphatic heterocycles. The number of nitrogens with zero attached hydrogens (tertiary/aromatic N) is 1. The van der Waals surface area contributed by atoms with Crippen molar-refractivity contribution in [3.63, 3.8) is 0 Å². The molecule has 0 saturated carbocycles. The first kappa shape index (κ1) is 12.9. The van der Waals surface area contributed by atoms with E-state index in [0.29, 0.717) is 5.78 Å². The molecule has 1 aromatic carbocycles. The average Bonchev–Trinajstić information content (AvgIpc) is 2.28. The van der Waals surface area contributed by atoms with Crippen LogP contribution in [0.2, 0.25) is 0 Å². The molecule has 0 heterocycles. The molecule has 0 amide bonds. The maximum Gasteiger partial charge on any atom is 0.152 e. The molecule has 0 radical (unpaired) electrons. The lowest BCUT2D eigenvalue weighted by atomic mass is 10.0. The molecule has 16 heavy (non-hydrogen) atoms. The highest BCUT2D eigenvalue weighted by Crippen LogP contribution is 2.09. The van der Waals surface area contributed by atoms with Gasteiger partial charge in [0.25, 0.3) is 0 Å². The summed E-state index contributed by atoms with van der Waals surface area (Å²) in [6.07, 6.45) is 0. The fourth-order valence-electron chi connectivity index (χ4n) is 1.71. The number of likely N-dealkylation sites (N-methyl/N-ethyl adjacent to an activating group) is 1. The highest BCUT2D eigenvalue weighted by atomic mass is 16.1. The van der Waals surface area contributed by atoms with Gasteiger partial charge in [0.1, 0.15) is 0 Å². The molecule has 0 spiro atoms. The number of hydrogen-bond donors (Lipinski definition) is 0. The van der Waals surface area contributed by atoms with Crippen LogP contribution in [-0.4, -0.2) is 23.8 Å². The van der Waals surface area contributed by atoms with E-state index in [0.717, 1.165) is 6.54 Å². The van der Waals surface area contributed by atoms with Gasteiger partial charge in [-0.2, -0.15) is 0 Å². The van der Waals surface area contributed by atoms with Crippen LogP contribution in [0.3, 0.4) is 0 Å². The molecule has 0 aromatic heterocycles. The lowest BCUT2D eigenvalue weighted by Gasteiger charge is -2.24. The summed E-state index contributed by atoms with van der Waals surface area (Å²) in [5.41, 5.74) is 1.24. The highest BCUT2D eigenvalue weighted by Gasteiger charge is 2.20. The quantitative estimate of drug-likeness (QED) is 0.759. The van der Waals surface area contributed by atoms with E-state index in [4.69, 9.17) is 0 Å². The first-order chi connectivity index (χ1) is 7.52. The van der Waals surface area contributed by atoms with E-state index in [9.17, 15) is 4.79 Å². The summed E-state index contributed by atoms with van der Waals surface area (Å²) < 4.78 is 0. The second-order valence-corrected chi connectivity index (χ2v) is 4.63. The van der Waals surface area contributed by atoms with E-state index in [2.05, 4.69) is 17.0 Å². The normalized spacial score (nSPS) is 13.1. The minimum atomic E-state index is -0.0137. The van der Waals surface area contributed by atoms with Crippen LogP contribution in [0.25, 0.3) is 0 Å². The van der Waals surface area contributed by atoms with Crippen molar-refractivity contribution >= 4 is 5.78 Å². The third-order valence-electron chi connectivity index (χ3n) is 2.92. The summed E-state index contributed by atoms with van der Waals surface area (Å²) in [5, 5.41) is 0. The third-order valence-corrected chi connectivity index (χ3v) is 2.92. The van der Waals surface area contributed by atoms with Crippen molar-refractivity contribution in [2.45, 2.75) is 33.4 Å². The van der Waals surface area contributed by atoms with Gasteiger partial charge in [-0.05, 0) is 19.5 Å². The molecule has 0 fully saturated rings. The molecule has 88 valence electrons. The number of benzene rings is 1. The Labute approximate surface area is 98.3 Å². The zero-order valence-corrected chi connectivity index (χ0v) is 10.6. The van der Waals surface area contributed by atoms with Crippen LogP contribution >= 0.6 is 0 Å². The van der Waals surface area contributed by atoms with Crippen LogP contribution < -0.4 is 0 Å². The number of carbonyl (C=O) groups is 1. The SMILES string of the molecule is CC(C)C(=O)C(C)N(C)Cc1ccccc1. The minimum Gasteiger partial charge on any atom is -0.298 e. The number of ketones is 1. The van der Waals surface area contributed by atoms with Gasteiger partial charge in [0, 0.05) is 12.5 Å². The molecular weight excluding hydrogens is 198 g/mol. The highest BCUT2D eigenvalue weighted by molar-refractivity contribution is 5.85. The fraction of sp³-hybridized carbons (Fsp3) is 0.500. The molecule has 1 atom stereocenters. The smallest absolute Gasteiger partial charge is 0.152 e. The van der Waals surface area contributed by atoms with Gasteiger partial charge in [-0.1, -0.05) is 44.2 Å². The van der Waals surface area contributed by atoms with E-state index in [1.807, 2.05) is 46.0 Å². The first-order valence-corrected chi connectivity index (χ1v) is 5.80. The van der Waals surface area contributed by atoms with Crippen LogP contribution in [-0.2, 0) is 11.3 Å². The largest absolute Gasteiger partial charge is 0.298 e. The van der Waals surface area contributed by atoms with Gasteiger partial charge >= 0.3 is 0 Å². The summed E-state index contributed by atoms with van der Waals surface area (Å²) in [7, 11) is 2.00. The van der Waals surface area contributed by atoms with Gasteiger partial charge in [-0.15, -0.1) is 0 Å². The Morgan fingerprint density at radius 3 is 2.25 bits per heavy atom. The maximum atomic E-state index is 11.8. The number of hydrogen-bond acceptors (Lipinski definition) is 2. The van der Waals surface area contributed by atoms with Crippen LogP contribution in [0, 0.1) is 5.92 Å². The zero-order valence-electron chi connectivity index (χ0n) is 10.6. The predicted octanol–water partition coefficient (Wildman–Crippen LogP) is 2.73. The molecule has 0 bridgehead atoms. The minimum absolute atomic E-state index is 0.0137. The van der Waals surface area contributed by atoms with E-state index in [-0.39, 0.29) is 12.0 Å². The molecule has 0 N–H and O–H groups in total. The van der Waals surface area contributed by atoms with E-state index in [1.54, 1.807) is 0 Å². The first-order valence-electron chi connectivity index (χ1n) is 5.80. The van der Waals surface area contributed by atoms with Crippen LogP contribution in [0.1, 0.15) is 26.3 Å². The van der Waals surface area contributed by atoms with Crippen LogP contribution in [0.5, 0.6) is 0 Å². The molecule has 0 aliphatic rings. The zero-order chi connectivity index (χ0) is 12.1. The predicted molar refractivity (Wildman–Crippen MR) is 67.2 cm³/mol. The van der Waals surface area contributed by atoms with E-state index in [1.165, 1.54) is 5.56 Å². The van der Waals surface area contributed by atoms with E-state index < -0.39 is 0 Å². The molecule has 0 saturated heterocycles. The Morgan fingerprint density at radius 1 is 1.19 bits per heavy atom. The summed E-state index contributed by atoms with van der Waals surface area (Å²) in [6.45, 7) is 6.70. The van der Waals surface area contributed by atoms with Gasteiger partial charge < -0.3 is 0 Å². The van der Waals surface area contributed by atoms with Crippen molar-refractivity contribution in [3.05, 3.63) is 35.9 Å². The number of Topliss-reactive ketones (excluding diaryl/α,β-unsaturated/α-hetero) is 1. The van der Waals surface area contributed by atoms with Crippen molar-refractivity contribution in [1.82, 2.24) is 4.90 Å². The number of carbonyl (C=O) groups excluding carboxylic acids is 1. The lowest BCUT2D eigenvalue weighted by molar-refractivity contribution is -0.126. The topological polar surface area (TPSA) is 20.3 Å². The molecule has 2 heteroatoms. The van der Waals surface area contributed by atoms with Gasteiger partial charge in [0.15, 0.2) is 5.78 Å². The fourth-order valence-corrected chi connectivity index (χ4v) is 1.71. The molecule has 0 aliphatic carbocycles. The van der Waals surface area contributed by atoms with Gasteiger partial charge in [0.2, 0.25) is 0 Å². The standard InChI is InChI=1S/C14H21NO/c1-11(2)14(16)12(3)15(4)10-13-8-6-5-7-9-13/h5-9,11-12H,10H2,1-4H3. The second kappa shape index (κ2) is 5.80. The molecular formula is C14H21NO. The number of rotatable bonds is 5. The van der Waals surface area contributed by atoms with Crippen molar-refractivity contribution in [1.29, 1.82) is 0 Å². The van der Waals surface area contributed by atoms with Crippen molar-refractivity contribution in [2.75, 3.05) is 7.05 Å². The van der Waals surface area contributed by atoms with Gasteiger partial charge in [-0.25, -0.2) is 0 Å². The Balaban J connectivity index is 2.59. The average molecular weight is 219 g/mol. The summed E-state index contributed by atoms with van der Waals surface area (Å²) in [6, 6.07) is 10.2. The summed E-state index contributed by atoms with van der Waals surface area (Å²) >= 11 is 0. The molecule has 1 aromatic rings. The Morgan fingerprint density at radius 2 is 1.75 bits per heavy atom. The lowest BCUT2D eigenvalue weighted by Crippen LogP contribution is -2.37. The third kappa shape index (κ3) is 3.46. The second-order valence-electron chi connectivity index (χ2n) is 4.63. The Hall–Kier alpha value is -1.15. The Bertz CT molecular complexity index is 332. The monoisotopic (exact) mass is 219 g/mol. The van der Waals surface area contributed by atoms with Crippen molar-refractivity contribution in [2.24, 2.45) is 5.92 Å². The van der Waals surface area contributed by atoms with Crippen LogP contribution in [0.4, 0.5) is 0 Å². The van der Waals surface area contributed by atoms with Crippen molar-refractivity contribution in [3.8, 4) is 0 Å². The molecule has 2 nitrogen and oxygen atoms in total. The molecule has 1 unspecified atom stereocenters. The summed E-state index contributed by atoms with van der Waals surface area (Å²) in [4.78, 5) is 13.9. The van der Waals surface area contributed by atoms with Gasteiger partial charge in [0.05, 0.1) is 6.04 Å². The van der Waals surface area contributed by atoms with E-state index >= 15 is 0 Å². The summed E-state index contributed by atoms with van der Waals surface area (Å²) in [5.74, 6) is 0.409. The van der Waals surface area contributed by atoms with Crippen LogP contribution in [0.15, 0.2) is 30.3 Å².